The van der Waals surface area contributed by atoms with E-state index in [1.807, 2.05) is 37.3 Å². The van der Waals surface area contributed by atoms with Crippen molar-refractivity contribution in [2.24, 2.45) is 0 Å². The van der Waals surface area contributed by atoms with E-state index < -0.39 is 39.3 Å². The first-order chi connectivity index (χ1) is 23.5. The number of anilines is 1. The molecule has 4 rings (SSSR count). The number of aryl methyl sites for hydroxylation is 1. The summed E-state index contributed by atoms with van der Waals surface area (Å²) >= 11 is 6.54. The lowest BCUT2D eigenvalue weighted by atomic mass is 10.0. The molecule has 13 heteroatoms. The number of sulfonamides is 1. The second-order valence-electron chi connectivity index (χ2n) is 11.4. The molecule has 0 saturated carbocycles. The predicted octanol–water partition coefficient (Wildman–Crippen LogP) is 6.32. The Hall–Kier alpha value is -4.94. The topological polar surface area (TPSA) is 139 Å². The number of halogens is 1. The van der Waals surface area contributed by atoms with Crippen LogP contribution in [0.5, 0.6) is 5.75 Å². The zero-order valence-corrected chi connectivity index (χ0v) is 29.1. The minimum absolute atomic E-state index is 0.0935. The highest BCUT2D eigenvalue weighted by Gasteiger charge is 2.35. The van der Waals surface area contributed by atoms with Gasteiger partial charge < -0.3 is 15.0 Å². The molecule has 1 N–H and O–H groups in total. The number of hydrogen-bond donors (Lipinski definition) is 1. The van der Waals surface area contributed by atoms with Gasteiger partial charge in [-0.2, -0.15) is 0 Å². The molecule has 0 aliphatic rings. The number of carbonyl (C=O) groups is 2. The fourth-order valence-electron chi connectivity index (χ4n) is 5.22. The largest absolute Gasteiger partial charge is 0.497 e. The monoisotopic (exact) mass is 706 g/mol. The number of ether oxygens (including phenoxy) is 1. The van der Waals surface area contributed by atoms with Gasteiger partial charge in [0.2, 0.25) is 11.8 Å². The van der Waals surface area contributed by atoms with Crippen molar-refractivity contribution >= 4 is 44.8 Å². The number of unbranched alkanes of at least 4 members (excludes halogenated alkanes) is 1. The lowest BCUT2D eigenvalue weighted by Crippen LogP contribution is -2.53. The van der Waals surface area contributed by atoms with Crippen LogP contribution < -0.4 is 14.4 Å². The average molecular weight is 707 g/mol. The normalized spacial score (nSPS) is 11.8. The summed E-state index contributed by atoms with van der Waals surface area (Å²) in [5.41, 5.74) is 1.36. The summed E-state index contributed by atoms with van der Waals surface area (Å²) in [6.45, 7) is 3.08. The van der Waals surface area contributed by atoms with Gasteiger partial charge in [0.1, 0.15) is 18.3 Å². The molecule has 258 valence electrons. The lowest BCUT2D eigenvalue weighted by Gasteiger charge is -2.34. The molecule has 11 nitrogen and oxygen atoms in total. The molecule has 0 saturated heterocycles. The van der Waals surface area contributed by atoms with Gasteiger partial charge in [0.05, 0.1) is 22.6 Å². The fourth-order valence-corrected chi connectivity index (χ4v) is 6.85. The van der Waals surface area contributed by atoms with E-state index in [0.29, 0.717) is 22.9 Å². The van der Waals surface area contributed by atoms with Crippen LogP contribution in [-0.2, 0) is 32.6 Å². The van der Waals surface area contributed by atoms with Crippen LogP contribution in [0.2, 0.25) is 5.02 Å². The Labute approximate surface area is 291 Å². The number of methoxy groups -OCH3 is 1. The molecule has 49 heavy (non-hydrogen) atoms. The predicted molar refractivity (Wildman–Crippen MR) is 189 cm³/mol. The quantitative estimate of drug-likeness (QED) is 0.0818. The van der Waals surface area contributed by atoms with E-state index in [4.69, 9.17) is 16.3 Å². The summed E-state index contributed by atoms with van der Waals surface area (Å²) in [6.07, 6.45) is 1.72. The maximum absolute atomic E-state index is 14.6. The van der Waals surface area contributed by atoms with Crippen LogP contribution in [0.25, 0.3) is 0 Å². The Morgan fingerprint density at radius 1 is 0.980 bits per heavy atom. The first-order valence-corrected chi connectivity index (χ1v) is 17.5. The molecule has 0 spiro atoms. The molecule has 1 atom stereocenters. The fraction of sp³-hybridized carbons (Fsp3) is 0.278. The minimum atomic E-state index is -4.56. The number of hydrogen-bond acceptors (Lipinski definition) is 7. The van der Waals surface area contributed by atoms with Gasteiger partial charge in [0.25, 0.3) is 15.7 Å². The number of nitrogens with one attached hydrogen (secondary N) is 1. The van der Waals surface area contributed by atoms with Gasteiger partial charge in [-0.1, -0.05) is 79.5 Å². The van der Waals surface area contributed by atoms with Crippen molar-refractivity contribution in [2.45, 2.75) is 50.6 Å². The van der Waals surface area contributed by atoms with E-state index >= 15 is 0 Å². The highest BCUT2D eigenvalue weighted by Crippen LogP contribution is 2.30. The van der Waals surface area contributed by atoms with Crippen molar-refractivity contribution < 1.29 is 27.7 Å². The van der Waals surface area contributed by atoms with Crippen LogP contribution in [0, 0.1) is 17.0 Å². The number of benzene rings is 4. The van der Waals surface area contributed by atoms with Crippen LogP contribution >= 0.6 is 11.6 Å². The van der Waals surface area contributed by atoms with Crippen LogP contribution in [0.1, 0.15) is 36.5 Å². The maximum atomic E-state index is 14.6. The molecule has 4 aromatic carbocycles. The highest BCUT2D eigenvalue weighted by atomic mass is 35.5. The second-order valence-corrected chi connectivity index (χ2v) is 13.6. The number of nitrogens with zero attached hydrogens (tertiary/aromatic N) is 3. The number of amides is 2. The summed E-state index contributed by atoms with van der Waals surface area (Å²) in [5, 5.41) is 15.0. The van der Waals surface area contributed by atoms with Crippen molar-refractivity contribution in [2.75, 3.05) is 24.5 Å². The Kier molecular flexibility index (Phi) is 12.8. The lowest BCUT2D eigenvalue weighted by molar-refractivity contribution is -0.385. The van der Waals surface area contributed by atoms with Crippen LogP contribution in [0.4, 0.5) is 11.4 Å². The summed E-state index contributed by atoms with van der Waals surface area (Å²) in [6, 6.07) is 24.7. The van der Waals surface area contributed by atoms with Gasteiger partial charge in [0, 0.05) is 36.2 Å². The van der Waals surface area contributed by atoms with Crippen molar-refractivity contribution in [3.05, 3.63) is 129 Å². The molecule has 0 bridgehead atoms. The summed E-state index contributed by atoms with van der Waals surface area (Å²) in [7, 11) is -3.10. The second kappa shape index (κ2) is 16.9. The Morgan fingerprint density at radius 3 is 2.29 bits per heavy atom. The van der Waals surface area contributed by atoms with Gasteiger partial charge >= 0.3 is 0 Å². The SMILES string of the molecule is CCCCNC(=O)[C@@H](Cc1ccccc1)N(Cc1ccccc1Cl)C(=O)CN(c1ccc(OC)cc1)S(=O)(=O)c1ccc(C)c([N+](=O)[O-])c1. The van der Waals surface area contributed by atoms with Crippen molar-refractivity contribution in [1.82, 2.24) is 10.2 Å². The van der Waals surface area contributed by atoms with Gasteiger partial charge in [-0.05, 0) is 60.9 Å². The number of nitro groups is 1. The van der Waals surface area contributed by atoms with E-state index in [2.05, 4.69) is 5.32 Å². The number of rotatable bonds is 16. The van der Waals surface area contributed by atoms with Gasteiger partial charge in [0.15, 0.2) is 0 Å². The molecule has 0 aromatic heterocycles. The van der Waals surface area contributed by atoms with Crippen molar-refractivity contribution in [3.8, 4) is 5.75 Å². The molecule has 0 radical (unpaired) electrons. The van der Waals surface area contributed by atoms with Gasteiger partial charge in [-0.3, -0.25) is 24.0 Å². The molecule has 2 amide bonds. The third-order valence-electron chi connectivity index (χ3n) is 8.00. The molecule has 0 unspecified atom stereocenters. The molecule has 0 aliphatic heterocycles. The maximum Gasteiger partial charge on any atom is 0.273 e. The molecular formula is C36H39ClN4O7S. The number of nitro benzene ring substituents is 1. The molecule has 0 aliphatic carbocycles. The van der Waals surface area contributed by atoms with E-state index in [1.54, 1.807) is 36.4 Å². The van der Waals surface area contributed by atoms with Crippen molar-refractivity contribution in [3.63, 3.8) is 0 Å². The first-order valence-electron chi connectivity index (χ1n) is 15.7. The Morgan fingerprint density at radius 2 is 1.65 bits per heavy atom. The average Bonchev–Trinajstić information content (AvgIpc) is 3.09. The summed E-state index contributed by atoms with van der Waals surface area (Å²) in [5.74, 6) is -0.636. The molecule has 0 fully saturated rings. The summed E-state index contributed by atoms with van der Waals surface area (Å²) < 4.78 is 34.8. The van der Waals surface area contributed by atoms with E-state index in [9.17, 15) is 28.1 Å². The first kappa shape index (κ1) is 36.9. The van der Waals surface area contributed by atoms with Crippen LogP contribution in [-0.4, -0.2) is 56.3 Å². The molecule has 0 heterocycles. The zero-order valence-electron chi connectivity index (χ0n) is 27.5. The number of carbonyl (C=O) groups excluding carboxylic acids is 2. The van der Waals surface area contributed by atoms with E-state index in [0.717, 1.165) is 28.8 Å². The van der Waals surface area contributed by atoms with Crippen LogP contribution in [0.3, 0.4) is 0 Å². The van der Waals surface area contributed by atoms with Gasteiger partial charge in [-0.25, -0.2) is 8.42 Å². The Bertz CT molecular complexity index is 1870. The molecule has 4 aromatic rings. The third-order valence-corrected chi connectivity index (χ3v) is 10.1. The van der Waals surface area contributed by atoms with Crippen LogP contribution in [0.15, 0.2) is 102 Å². The Balaban J connectivity index is 1.84. The van der Waals surface area contributed by atoms with E-state index in [-0.39, 0.29) is 34.8 Å². The molecular weight excluding hydrogens is 668 g/mol. The third kappa shape index (κ3) is 9.36. The van der Waals surface area contributed by atoms with Crippen molar-refractivity contribution in [1.29, 1.82) is 0 Å². The summed E-state index contributed by atoms with van der Waals surface area (Å²) in [4.78, 5) is 40.5. The van der Waals surface area contributed by atoms with E-state index in [1.165, 1.54) is 43.2 Å². The smallest absolute Gasteiger partial charge is 0.273 e. The zero-order chi connectivity index (χ0) is 35.6. The highest BCUT2D eigenvalue weighted by molar-refractivity contribution is 7.92. The van der Waals surface area contributed by atoms with Gasteiger partial charge in [-0.15, -0.1) is 0 Å². The minimum Gasteiger partial charge on any atom is -0.497 e. The standard InChI is InChI=1S/C36H39ClN4O7S/c1-4-5-21-38-36(43)34(22-27-11-7-6-8-12-27)39(24-28-13-9-10-14-32(28)37)35(42)25-40(29-16-18-30(48-3)19-17-29)49(46,47)31-20-15-26(2)33(23-31)41(44)45/h6-20,23,34H,4-5,21-22,24-25H2,1-3H3,(H,38,43)/t34-/m1/s1.